The van der Waals surface area contributed by atoms with Crippen molar-refractivity contribution in [2.24, 2.45) is 28.3 Å². The van der Waals surface area contributed by atoms with Gasteiger partial charge in [0.2, 0.25) is 17.7 Å². The van der Waals surface area contributed by atoms with Crippen molar-refractivity contribution in [1.82, 2.24) is 16.0 Å². The topological polar surface area (TPSA) is 189 Å². The van der Waals surface area contributed by atoms with Gasteiger partial charge in [-0.1, -0.05) is 105 Å². The Bertz CT molecular complexity index is 1900. The summed E-state index contributed by atoms with van der Waals surface area (Å²) in [5.41, 5.74) is 14.3. The number of nitrogens with one attached hydrogen (secondary N) is 3. The maximum Gasteiger partial charge on any atom is 0.251 e. The van der Waals surface area contributed by atoms with Gasteiger partial charge < -0.3 is 32.3 Å². The van der Waals surface area contributed by atoms with Crippen LogP contribution >= 0.6 is 0 Å². The molecule has 4 aromatic carbocycles. The lowest BCUT2D eigenvalue weighted by molar-refractivity contribution is -0.130. The summed E-state index contributed by atoms with van der Waals surface area (Å²) in [7, 11) is 0. The van der Waals surface area contributed by atoms with Crippen LogP contribution in [0.3, 0.4) is 0 Å². The summed E-state index contributed by atoms with van der Waals surface area (Å²) in [4.78, 5) is 72.8. The zero-order chi connectivity index (χ0) is 40.3. The Balaban J connectivity index is 1.44. The summed E-state index contributed by atoms with van der Waals surface area (Å²) >= 11 is 0. The number of carbonyl (C=O) groups excluding carboxylic acids is 5. The highest BCUT2D eigenvalue weighted by molar-refractivity contribution is 6.01. The fraction of sp³-hybridized carbons (Fsp3) is 0.318. The van der Waals surface area contributed by atoms with Gasteiger partial charge in [-0.05, 0) is 66.1 Å². The normalized spacial score (nSPS) is 11.8. The van der Waals surface area contributed by atoms with E-state index in [2.05, 4.69) is 20.9 Å². The molecule has 4 amide bonds. The van der Waals surface area contributed by atoms with Gasteiger partial charge in [-0.15, -0.1) is 0 Å². The van der Waals surface area contributed by atoms with E-state index in [1.165, 1.54) is 4.90 Å². The molecule has 0 aromatic heterocycles. The van der Waals surface area contributed by atoms with Gasteiger partial charge in [-0.25, -0.2) is 0 Å². The number of hydrogen-bond donors (Lipinski definition) is 5. The van der Waals surface area contributed by atoms with Crippen molar-refractivity contribution < 1.29 is 24.0 Å². The second-order valence-corrected chi connectivity index (χ2v) is 14.0. The zero-order valence-electron chi connectivity index (χ0n) is 32.2. The lowest BCUT2D eigenvalue weighted by Crippen LogP contribution is -2.46. The van der Waals surface area contributed by atoms with E-state index in [1.807, 2.05) is 105 Å². The van der Waals surface area contributed by atoms with E-state index in [4.69, 9.17) is 11.5 Å². The van der Waals surface area contributed by atoms with E-state index in [9.17, 15) is 24.0 Å². The average Bonchev–Trinajstić information content (AvgIpc) is 3.20. The first-order valence-corrected chi connectivity index (χ1v) is 19.0. The van der Waals surface area contributed by atoms with Crippen LogP contribution in [-0.2, 0) is 38.7 Å². The Hall–Kier alpha value is -6.30. The third-order valence-electron chi connectivity index (χ3n) is 9.22. The molecule has 0 saturated carbocycles. The maximum atomic E-state index is 13.9. The molecular formula is C44H53N7O5. The molecule has 0 fully saturated rings. The van der Waals surface area contributed by atoms with Crippen molar-refractivity contribution >= 4 is 41.1 Å². The Kier molecular flexibility index (Phi) is 16.8. The number of benzene rings is 4. The van der Waals surface area contributed by atoms with Crippen LogP contribution in [0.2, 0.25) is 0 Å². The number of unbranched alkanes of at least 4 members (excludes halogenated alkanes) is 1. The molecule has 56 heavy (non-hydrogen) atoms. The molecular weight excluding hydrogens is 707 g/mol. The molecule has 2 atom stereocenters. The van der Waals surface area contributed by atoms with Crippen LogP contribution in [0, 0.1) is 11.8 Å². The van der Waals surface area contributed by atoms with Crippen LogP contribution in [0.4, 0.5) is 5.69 Å². The number of rotatable bonds is 21. The number of carbonyl (C=O) groups is 5. The Morgan fingerprint density at radius 2 is 1.25 bits per heavy atom. The Morgan fingerprint density at radius 3 is 1.80 bits per heavy atom. The standard InChI is InChI=1S/C44H53N7O5/c1-31(2)41(38(52)27-36(26-32-14-6-3-7-15-32)42(55)49-29-34-18-10-5-11-19-34)50-43(56)35-21-23-37(24-22-35)51(40(54)20-12-13-25-47-44(45)46)30-39(53)48-28-33-16-8-4-9-17-33/h3-11,14-19,21-24,31,36,41H,12-13,20,25-30H2,1-2H3,(H,48,53)(H,49,55)(H,50,56)(H4,45,46,47)/t36-,41+/m1/s1. The second-order valence-electron chi connectivity index (χ2n) is 14.0. The number of guanidine groups is 1. The van der Waals surface area contributed by atoms with Gasteiger partial charge >= 0.3 is 0 Å². The van der Waals surface area contributed by atoms with Crippen LogP contribution < -0.4 is 32.3 Å². The molecule has 0 aliphatic carbocycles. The highest BCUT2D eigenvalue weighted by Crippen LogP contribution is 2.20. The number of anilines is 1. The monoisotopic (exact) mass is 759 g/mol. The number of nitrogens with two attached hydrogens (primary N) is 2. The van der Waals surface area contributed by atoms with Gasteiger partial charge in [-0.2, -0.15) is 0 Å². The Labute approximate surface area is 329 Å². The minimum atomic E-state index is -0.854. The predicted molar refractivity (Wildman–Crippen MR) is 219 cm³/mol. The fourth-order valence-corrected chi connectivity index (χ4v) is 6.14. The lowest BCUT2D eigenvalue weighted by atomic mass is 9.88. The largest absolute Gasteiger partial charge is 0.370 e. The third kappa shape index (κ3) is 14.2. The van der Waals surface area contributed by atoms with Gasteiger partial charge in [0, 0.05) is 49.6 Å². The lowest BCUT2D eigenvalue weighted by Gasteiger charge is -2.25. The summed E-state index contributed by atoms with van der Waals surface area (Å²) < 4.78 is 0. The molecule has 0 heterocycles. The van der Waals surface area contributed by atoms with E-state index in [0.29, 0.717) is 44.6 Å². The Morgan fingerprint density at radius 1 is 0.696 bits per heavy atom. The van der Waals surface area contributed by atoms with Gasteiger partial charge in [0.05, 0.1) is 6.04 Å². The van der Waals surface area contributed by atoms with Crippen molar-refractivity contribution in [2.45, 2.75) is 65.1 Å². The maximum absolute atomic E-state index is 13.9. The van der Waals surface area contributed by atoms with Crippen molar-refractivity contribution in [2.75, 3.05) is 18.0 Å². The number of nitrogens with zero attached hydrogens (tertiary/aromatic N) is 2. The number of hydrogen-bond acceptors (Lipinski definition) is 6. The molecule has 0 spiro atoms. The van der Waals surface area contributed by atoms with Gasteiger partial charge in [0.15, 0.2) is 11.7 Å². The average molecular weight is 760 g/mol. The fourth-order valence-electron chi connectivity index (χ4n) is 6.14. The van der Waals surface area contributed by atoms with Crippen LogP contribution in [0.25, 0.3) is 0 Å². The van der Waals surface area contributed by atoms with Gasteiger partial charge in [0.25, 0.3) is 5.91 Å². The minimum absolute atomic E-state index is 0.0181. The molecule has 4 rings (SSSR count). The van der Waals surface area contributed by atoms with E-state index in [1.54, 1.807) is 24.3 Å². The SMILES string of the molecule is CC(C)[C@H](NC(=O)c1ccc(N(CC(=O)NCc2ccccc2)C(=O)CCCCN=C(N)N)cc1)C(=O)C[C@@H](Cc1ccccc1)C(=O)NCc1ccccc1. The number of aliphatic imine (C=N–C) groups is 1. The van der Waals surface area contributed by atoms with Crippen molar-refractivity contribution in [3.05, 3.63) is 138 Å². The molecule has 7 N–H and O–H groups in total. The molecule has 12 nitrogen and oxygen atoms in total. The zero-order valence-corrected chi connectivity index (χ0v) is 32.2. The molecule has 0 saturated heterocycles. The molecule has 0 unspecified atom stereocenters. The summed E-state index contributed by atoms with van der Waals surface area (Å²) in [6.45, 7) is 4.49. The first-order valence-electron chi connectivity index (χ1n) is 19.0. The highest BCUT2D eigenvalue weighted by atomic mass is 16.2. The number of Topliss-reactive ketones (excluding diaryl/α,β-unsaturated/α-hetero) is 1. The van der Waals surface area contributed by atoms with Crippen LogP contribution in [0.1, 0.15) is 66.6 Å². The summed E-state index contributed by atoms with van der Waals surface area (Å²) in [6, 6.07) is 34.0. The van der Waals surface area contributed by atoms with Gasteiger partial charge in [-0.3, -0.25) is 29.0 Å². The second kappa shape index (κ2) is 22.2. The van der Waals surface area contributed by atoms with Crippen molar-refractivity contribution in [1.29, 1.82) is 0 Å². The summed E-state index contributed by atoms with van der Waals surface area (Å²) in [5.74, 6) is -2.51. The van der Waals surface area contributed by atoms with E-state index < -0.39 is 17.9 Å². The first kappa shape index (κ1) is 42.4. The number of ketones is 1. The molecule has 0 bridgehead atoms. The van der Waals surface area contributed by atoms with E-state index in [0.717, 1.165) is 16.7 Å². The molecule has 4 aromatic rings. The molecule has 0 aliphatic heterocycles. The van der Waals surface area contributed by atoms with Crippen LogP contribution in [0.15, 0.2) is 120 Å². The van der Waals surface area contributed by atoms with Crippen LogP contribution in [-0.4, -0.2) is 54.5 Å². The van der Waals surface area contributed by atoms with E-state index >= 15 is 0 Å². The van der Waals surface area contributed by atoms with Crippen molar-refractivity contribution in [3.8, 4) is 0 Å². The third-order valence-corrected chi connectivity index (χ3v) is 9.22. The molecule has 0 radical (unpaired) electrons. The predicted octanol–water partition coefficient (Wildman–Crippen LogP) is 4.67. The summed E-state index contributed by atoms with van der Waals surface area (Å²) in [5, 5.41) is 8.74. The number of amides is 4. The van der Waals surface area contributed by atoms with Gasteiger partial charge in [0.1, 0.15) is 6.54 Å². The molecule has 12 heteroatoms. The quantitative estimate of drug-likeness (QED) is 0.0464. The van der Waals surface area contributed by atoms with Crippen molar-refractivity contribution in [3.63, 3.8) is 0 Å². The van der Waals surface area contributed by atoms with Crippen LogP contribution in [0.5, 0.6) is 0 Å². The highest BCUT2D eigenvalue weighted by Gasteiger charge is 2.30. The van der Waals surface area contributed by atoms with E-state index in [-0.39, 0.29) is 60.3 Å². The first-order chi connectivity index (χ1) is 27.0. The smallest absolute Gasteiger partial charge is 0.251 e. The molecule has 294 valence electrons. The molecule has 0 aliphatic rings. The minimum Gasteiger partial charge on any atom is -0.370 e. The summed E-state index contributed by atoms with van der Waals surface area (Å²) in [6.07, 6.45) is 1.54.